The van der Waals surface area contributed by atoms with Crippen molar-refractivity contribution in [2.75, 3.05) is 33.2 Å². The van der Waals surface area contributed by atoms with E-state index in [9.17, 15) is 40.7 Å². The zero-order valence-electron chi connectivity index (χ0n) is 23.1. The molecule has 14 heteroatoms. The van der Waals surface area contributed by atoms with Crippen LogP contribution in [0.5, 0.6) is 0 Å². The van der Waals surface area contributed by atoms with E-state index in [2.05, 4.69) is 0 Å². The van der Waals surface area contributed by atoms with E-state index in [0.717, 1.165) is 16.0 Å². The fourth-order valence-corrected chi connectivity index (χ4v) is 4.62. The van der Waals surface area contributed by atoms with Gasteiger partial charge in [0.1, 0.15) is 12.6 Å². The summed E-state index contributed by atoms with van der Waals surface area (Å²) in [6.07, 6.45) is -11.1. The van der Waals surface area contributed by atoms with Crippen LogP contribution < -0.4 is 5.73 Å². The number of benzene rings is 2. The Hall–Kier alpha value is -3.81. The number of nitrogens with zero attached hydrogens (tertiary/aromatic N) is 3. The monoisotopic (exact) mass is 602 g/mol. The molecule has 8 nitrogen and oxygen atoms in total. The molecule has 230 valence electrons. The summed E-state index contributed by atoms with van der Waals surface area (Å²) in [5.41, 5.74) is 4.16. The SMILES string of the molecule is Cc1cccc(CN2CCN(C(=O)CCN(C)C(=O)OCc3cc(C(F)(F)F)cc(C(F)(F)F)c3)[C@@H](CCN)C2=O)c1. The molecular weight excluding hydrogens is 570 g/mol. The van der Waals surface area contributed by atoms with Crippen molar-refractivity contribution < 1.29 is 45.5 Å². The van der Waals surface area contributed by atoms with Crippen molar-refractivity contribution >= 4 is 17.9 Å². The summed E-state index contributed by atoms with van der Waals surface area (Å²) in [5, 5.41) is 0. The topological polar surface area (TPSA) is 96.2 Å². The minimum Gasteiger partial charge on any atom is -0.445 e. The Morgan fingerprint density at radius 1 is 1.00 bits per heavy atom. The third-order valence-electron chi connectivity index (χ3n) is 6.78. The number of halogens is 6. The molecule has 0 spiro atoms. The van der Waals surface area contributed by atoms with Crippen LogP contribution in [0.2, 0.25) is 0 Å². The molecule has 0 aromatic heterocycles. The zero-order valence-corrected chi connectivity index (χ0v) is 23.1. The Morgan fingerprint density at radius 2 is 1.64 bits per heavy atom. The van der Waals surface area contributed by atoms with Gasteiger partial charge in [-0.3, -0.25) is 9.59 Å². The first-order chi connectivity index (χ1) is 19.6. The van der Waals surface area contributed by atoms with Gasteiger partial charge < -0.3 is 25.2 Å². The second-order valence-corrected chi connectivity index (χ2v) is 10.1. The number of aryl methyl sites for hydroxylation is 1. The first-order valence-electron chi connectivity index (χ1n) is 13.1. The van der Waals surface area contributed by atoms with E-state index in [0.29, 0.717) is 25.2 Å². The Balaban J connectivity index is 1.58. The Kier molecular flexibility index (Phi) is 10.5. The Morgan fingerprint density at radius 3 is 2.21 bits per heavy atom. The van der Waals surface area contributed by atoms with Gasteiger partial charge in [0.2, 0.25) is 11.8 Å². The van der Waals surface area contributed by atoms with Crippen LogP contribution in [-0.2, 0) is 39.8 Å². The lowest BCUT2D eigenvalue weighted by Crippen LogP contribution is -2.59. The molecule has 2 aromatic rings. The van der Waals surface area contributed by atoms with Gasteiger partial charge in [-0.25, -0.2) is 4.79 Å². The molecule has 42 heavy (non-hydrogen) atoms. The largest absolute Gasteiger partial charge is 0.445 e. The highest BCUT2D eigenvalue weighted by atomic mass is 19.4. The molecule has 1 heterocycles. The molecule has 0 saturated carbocycles. The standard InChI is InChI=1S/C28H32F6N4O4/c1-18-4-3-5-19(12-18)16-37-10-11-38(23(6-8-35)25(37)40)24(39)7-9-36(2)26(41)42-17-20-13-21(27(29,30)31)15-22(14-20)28(32,33)34/h3-5,12-15,23H,6-11,16-17,35H2,1-2H3/t23-/m0/s1. The summed E-state index contributed by atoms with van der Waals surface area (Å²) in [6, 6.07) is 7.87. The third-order valence-corrected chi connectivity index (χ3v) is 6.78. The molecule has 3 rings (SSSR count). The first-order valence-corrected chi connectivity index (χ1v) is 13.1. The second-order valence-electron chi connectivity index (χ2n) is 10.1. The summed E-state index contributed by atoms with van der Waals surface area (Å²) in [5.74, 6) is -0.655. The molecular formula is C28H32F6N4O4. The minimum atomic E-state index is -5.04. The summed E-state index contributed by atoms with van der Waals surface area (Å²) < 4.78 is 83.4. The zero-order chi connectivity index (χ0) is 31.2. The molecule has 2 aromatic carbocycles. The molecule has 1 aliphatic heterocycles. The molecule has 0 unspecified atom stereocenters. The van der Waals surface area contributed by atoms with Gasteiger partial charge in [-0.05, 0) is 49.2 Å². The number of nitrogens with two attached hydrogens (primary N) is 1. The molecule has 2 N–H and O–H groups in total. The van der Waals surface area contributed by atoms with E-state index in [1.807, 2.05) is 31.2 Å². The number of carbonyl (C=O) groups excluding carboxylic acids is 3. The lowest BCUT2D eigenvalue weighted by atomic mass is 10.0. The van der Waals surface area contributed by atoms with Gasteiger partial charge in [-0.2, -0.15) is 26.3 Å². The Bertz CT molecular complexity index is 1250. The minimum absolute atomic E-state index is 0.0197. The van der Waals surface area contributed by atoms with Gasteiger partial charge in [0.05, 0.1) is 11.1 Å². The Labute approximate surface area is 239 Å². The van der Waals surface area contributed by atoms with Crippen molar-refractivity contribution in [3.05, 3.63) is 70.3 Å². The van der Waals surface area contributed by atoms with E-state index in [1.54, 1.807) is 4.90 Å². The first kappa shape index (κ1) is 32.7. The van der Waals surface area contributed by atoms with Crippen LogP contribution in [0.1, 0.15) is 40.7 Å². The maximum Gasteiger partial charge on any atom is 0.416 e. The van der Waals surface area contributed by atoms with Crippen molar-refractivity contribution in [3.63, 3.8) is 0 Å². The lowest BCUT2D eigenvalue weighted by Gasteiger charge is -2.41. The third kappa shape index (κ3) is 8.60. The maximum atomic E-state index is 13.2. The van der Waals surface area contributed by atoms with E-state index in [1.165, 1.54) is 11.9 Å². The number of ether oxygens (including phenoxy) is 1. The van der Waals surface area contributed by atoms with E-state index in [-0.39, 0.29) is 44.4 Å². The van der Waals surface area contributed by atoms with Gasteiger partial charge in [-0.15, -0.1) is 0 Å². The summed E-state index contributed by atoms with van der Waals surface area (Å²) in [4.78, 5) is 42.7. The number of hydrogen-bond donors (Lipinski definition) is 1. The van der Waals surface area contributed by atoms with E-state index in [4.69, 9.17) is 10.5 Å². The summed E-state index contributed by atoms with van der Waals surface area (Å²) >= 11 is 0. The van der Waals surface area contributed by atoms with Gasteiger partial charge in [0.15, 0.2) is 0 Å². The van der Waals surface area contributed by atoms with Crippen molar-refractivity contribution in [1.29, 1.82) is 0 Å². The molecule has 0 bridgehead atoms. The van der Waals surface area contributed by atoms with Crippen LogP contribution in [0.4, 0.5) is 31.1 Å². The fraction of sp³-hybridized carbons (Fsp3) is 0.464. The lowest BCUT2D eigenvalue weighted by molar-refractivity contribution is -0.152. The maximum absolute atomic E-state index is 13.2. The molecule has 0 radical (unpaired) electrons. The number of alkyl halides is 6. The average Bonchev–Trinajstić information content (AvgIpc) is 2.91. The number of piperazine rings is 1. The predicted octanol–water partition coefficient (Wildman–Crippen LogP) is 4.58. The molecule has 0 aliphatic carbocycles. The quantitative estimate of drug-likeness (QED) is 0.424. The van der Waals surface area contributed by atoms with Crippen molar-refractivity contribution in [3.8, 4) is 0 Å². The van der Waals surface area contributed by atoms with Crippen LogP contribution in [0.3, 0.4) is 0 Å². The highest BCUT2D eigenvalue weighted by Crippen LogP contribution is 2.36. The second kappa shape index (κ2) is 13.4. The fourth-order valence-electron chi connectivity index (χ4n) is 4.62. The highest BCUT2D eigenvalue weighted by molar-refractivity contribution is 5.89. The van der Waals surface area contributed by atoms with Gasteiger partial charge in [0.25, 0.3) is 0 Å². The number of rotatable bonds is 9. The highest BCUT2D eigenvalue weighted by Gasteiger charge is 2.38. The number of hydrogen-bond acceptors (Lipinski definition) is 5. The van der Waals surface area contributed by atoms with Crippen molar-refractivity contribution in [2.45, 2.75) is 51.3 Å². The van der Waals surface area contributed by atoms with E-state index >= 15 is 0 Å². The van der Waals surface area contributed by atoms with Crippen LogP contribution in [-0.4, -0.2) is 71.9 Å². The van der Waals surface area contributed by atoms with Crippen LogP contribution in [0, 0.1) is 6.92 Å². The normalized spacial score (nSPS) is 16.0. The van der Waals surface area contributed by atoms with Crippen molar-refractivity contribution in [1.82, 2.24) is 14.7 Å². The molecule has 1 aliphatic rings. The van der Waals surface area contributed by atoms with E-state index < -0.39 is 53.7 Å². The van der Waals surface area contributed by atoms with Gasteiger partial charge >= 0.3 is 18.4 Å². The summed E-state index contributed by atoms with van der Waals surface area (Å²) in [7, 11) is 1.27. The summed E-state index contributed by atoms with van der Waals surface area (Å²) in [6.45, 7) is 2.04. The van der Waals surface area contributed by atoms with Crippen LogP contribution >= 0.6 is 0 Å². The molecule has 1 fully saturated rings. The molecule has 1 atom stereocenters. The average molecular weight is 603 g/mol. The van der Waals surface area contributed by atoms with Crippen LogP contribution in [0.15, 0.2) is 42.5 Å². The van der Waals surface area contributed by atoms with Gasteiger partial charge in [0, 0.05) is 39.6 Å². The van der Waals surface area contributed by atoms with Crippen LogP contribution in [0.25, 0.3) is 0 Å². The number of carbonyl (C=O) groups is 3. The van der Waals surface area contributed by atoms with Crippen molar-refractivity contribution in [2.24, 2.45) is 5.73 Å². The predicted molar refractivity (Wildman–Crippen MR) is 140 cm³/mol. The smallest absolute Gasteiger partial charge is 0.416 e. The molecule has 3 amide bonds. The number of amides is 3. The molecule has 1 saturated heterocycles. The van der Waals surface area contributed by atoms with Gasteiger partial charge in [-0.1, -0.05) is 29.8 Å².